The topological polar surface area (TPSA) is 40.7 Å². The Balaban J connectivity index is 2.19. The molecule has 0 aromatic carbocycles. The van der Waals surface area contributed by atoms with Gasteiger partial charge in [-0.2, -0.15) is 0 Å². The molecule has 2 rings (SSSR count). The van der Waals surface area contributed by atoms with Crippen LogP contribution in [-0.2, 0) is 5.41 Å². The minimum absolute atomic E-state index is 0.321. The van der Waals surface area contributed by atoms with Gasteiger partial charge in [0.05, 0.1) is 6.33 Å². The third-order valence-electron chi connectivity index (χ3n) is 2.86. The molecule has 1 aromatic heterocycles. The molecule has 12 heavy (non-hydrogen) atoms. The first-order valence-corrected chi connectivity index (χ1v) is 4.51. The van der Waals surface area contributed by atoms with Crippen LogP contribution < -0.4 is 5.32 Å². The Hall–Kier alpha value is -0.830. The zero-order valence-electron chi connectivity index (χ0n) is 7.43. The molecule has 0 saturated carbocycles. The van der Waals surface area contributed by atoms with Crippen molar-refractivity contribution in [2.45, 2.75) is 25.2 Å². The van der Waals surface area contributed by atoms with E-state index in [0.29, 0.717) is 5.41 Å². The molecule has 0 amide bonds. The molecule has 1 saturated heterocycles. The maximum absolute atomic E-state index is 4.07. The normalized spacial score (nSPS) is 22.4. The smallest absolute Gasteiger partial charge is 0.0921 e. The van der Waals surface area contributed by atoms with Crippen LogP contribution in [0.2, 0.25) is 0 Å². The second kappa shape index (κ2) is 2.90. The fourth-order valence-electron chi connectivity index (χ4n) is 1.83. The lowest BCUT2D eigenvalue weighted by atomic mass is 9.78. The van der Waals surface area contributed by atoms with Gasteiger partial charge in [0.15, 0.2) is 0 Å². The van der Waals surface area contributed by atoms with E-state index in [0.717, 1.165) is 13.1 Å². The van der Waals surface area contributed by atoms with E-state index in [1.54, 1.807) is 6.33 Å². The van der Waals surface area contributed by atoms with Crippen molar-refractivity contribution < 1.29 is 0 Å². The number of nitrogens with one attached hydrogen (secondary N) is 2. The molecule has 1 aromatic rings. The monoisotopic (exact) mass is 165 g/mol. The Morgan fingerprint density at radius 2 is 2.17 bits per heavy atom. The summed E-state index contributed by atoms with van der Waals surface area (Å²) in [5, 5.41) is 3.37. The van der Waals surface area contributed by atoms with Crippen molar-refractivity contribution in [3.8, 4) is 0 Å². The first-order valence-electron chi connectivity index (χ1n) is 4.51. The van der Waals surface area contributed by atoms with E-state index in [2.05, 4.69) is 22.2 Å². The van der Waals surface area contributed by atoms with E-state index >= 15 is 0 Å². The third kappa shape index (κ3) is 1.25. The maximum Gasteiger partial charge on any atom is 0.0921 e. The van der Waals surface area contributed by atoms with Gasteiger partial charge in [0.1, 0.15) is 0 Å². The standard InChI is InChI=1S/C9H15N3/c1-9(2-4-10-5-3-9)8-6-11-7-12-8/h6-7,10H,2-5H2,1H3,(H,11,12). The van der Waals surface area contributed by atoms with Gasteiger partial charge in [-0.25, -0.2) is 4.98 Å². The quantitative estimate of drug-likeness (QED) is 0.653. The molecule has 1 aliphatic heterocycles. The maximum atomic E-state index is 4.07. The first-order chi connectivity index (χ1) is 5.81. The number of H-pyrrole nitrogens is 1. The van der Waals surface area contributed by atoms with Gasteiger partial charge in [0.2, 0.25) is 0 Å². The molecular formula is C9H15N3. The van der Waals surface area contributed by atoms with Crippen LogP contribution in [0.5, 0.6) is 0 Å². The lowest BCUT2D eigenvalue weighted by molar-refractivity contribution is 0.328. The van der Waals surface area contributed by atoms with Crippen molar-refractivity contribution >= 4 is 0 Å². The highest BCUT2D eigenvalue weighted by Gasteiger charge is 2.29. The molecule has 0 spiro atoms. The average molecular weight is 165 g/mol. The van der Waals surface area contributed by atoms with Crippen molar-refractivity contribution in [2.24, 2.45) is 0 Å². The van der Waals surface area contributed by atoms with Gasteiger partial charge in [-0.1, -0.05) is 6.92 Å². The van der Waals surface area contributed by atoms with Crippen molar-refractivity contribution in [1.82, 2.24) is 15.3 Å². The molecule has 2 heterocycles. The summed E-state index contributed by atoms with van der Waals surface area (Å²) in [6.07, 6.45) is 6.12. The molecule has 3 heteroatoms. The zero-order valence-corrected chi connectivity index (χ0v) is 7.43. The number of aromatic amines is 1. The van der Waals surface area contributed by atoms with E-state index in [4.69, 9.17) is 0 Å². The van der Waals surface area contributed by atoms with E-state index in [-0.39, 0.29) is 0 Å². The Morgan fingerprint density at radius 1 is 1.42 bits per heavy atom. The summed E-state index contributed by atoms with van der Waals surface area (Å²) in [4.78, 5) is 7.28. The lowest BCUT2D eigenvalue weighted by Gasteiger charge is -2.32. The molecule has 0 atom stereocenters. The van der Waals surface area contributed by atoms with E-state index < -0.39 is 0 Å². The highest BCUT2D eigenvalue weighted by molar-refractivity contribution is 5.12. The number of imidazole rings is 1. The minimum Gasteiger partial charge on any atom is -0.348 e. The SMILES string of the molecule is CC1(c2cnc[nH]2)CCNCC1. The van der Waals surface area contributed by atoms with Crippen LogP contribution in [0.4, 0.5) is 0 Å². The largest absolute Gasteiger partial charge is 0.348 e. The summed E-state index contributed by atoms with van der Waals surface area (Å²) in [5.41, 5.74) is 1.60. The highest BCUT2D eigenvalue weighted by atomic mass is 14.9. The summed E-state index contributed by atoms with van der Waals surface area (Å²) in [6.45, 7) is 4.55. The molecule has 2 N–H and O–H groups in total. The van der Waals surface area contributed by atoms with Gasteiger partial charge in [0.25, 0.3) is 0 Å². The number of hydrogen-bond donors (Lipinski definition) is 2. The molecular weight excluding hydrogens is 150 g/mol. The van der Waals surface area contributed by atoms with E-state index in [1.807, 2.05) is 6.20 Å². The summed E-state index contributed by atoms with van der Waals surface area (Å²) >= 11 is 0. The van der Waals surface area contributed by atoms with Gasteiger partial charge in [0, 0.05) is 17.3 Å². The van der Waals surface area contributed by atoms with Crippen molar-refractivity contribution in [3.63, 3.8) is 0 Å². The predicted molar refractivity (Wildman–Crippen MR) is 48.0 cm³/mol. The Morgan fingerprint density at radius 3 is 2.75 bits per heavy atom. The Bertz CT molecular complexity index is 234. The first kappa shape index (κ1) is 7.80. The van der Waals surface area contributed by atoms with E-state index in [1.165, 1.54) is 18.5 Å². The van der Waals surface area contributed by atoms with Gasteiger partial charge in [-0.15, -0.1) is 0 Å². The second-order valence-corrected chi connectivity index (χ2v) is 3.78. The van der Waals surface area contributed by atoms with Crippen LogP contribution >= 0.6 is 0 Å². The fourth-order valence-corrected chi connectivity index (χ4v) is 1.83. The van der Waals surface area contributed by atoms with Crippen LogP contribution in [0.3, 0.4) is 0 Å². The molecule has 1 aliphatic rings. The summed E-state index contributed by atoms with van der Waals surface area (Å²) < 4.78 is 0. The number of rotatable bonds is 1. The molecule has 0 bridgehead atoms. The van der Waals surface area contributed by atoms with Crippen LogP contribution in [0.15, 0.2) is 12.5 Å². The predicted octanol–water partition coefficient (Wildman–Crippen LogP) is 1.05. The fraction of sp³-hybridized carbons (Fsp3) is 0.667. The number of piperidine rings is 1. The third-order valence-corrected chi connectivity index (χ3v) is 2.86. The second-order valence-electron chi connectivity index (χ2n) is 3.78. The summed E-state index contributed by atoms with van der Waals surface area (Å²) in [5.74, 6) is 0. The van der Waals surface area contributed by atoms with Crippen LogP contribution in [0.1, 0.15) is 25.5 Å². The summed E-state index contributed by atoms with van der Waals surface area (Å²) in [6, 6.07) is 0. The van der Waals surface area contributed by atoms with Crippen LogP contribution in [0, 0.1) is 0 Å². The summed E-state index contributed by atoms with van der Waals surface area (Å²) in [7, 11) is 0. The molecule has 0 radical (unpaired) electrons. The number of hydrogen-bond acceptors (Lipinski definition) is 2. The number of nitrogens with zero attached hydrogens (tertiary/aromatic N) is 1. The van der Waals surface area contributed by atoms with Crippen molar-refractivity contribution in [2.75, 3.05) is 13.1 Å². The van der Waals surface area contributed by atoms with Gasteiger partial charge >= 0.3 is 0 Å². The number of aromatic nitrogens is 2. The van der Waals surface area contributed by atoms with Crippen LogP contribution in [-0.4, -0.2) is 23.1 Å². The minimum atomic E-state index is 0.321. The van der Waals surface area contributed by atoms with E-state index in [9.17, 15) is 0 Å². The molecule has 3 nitrogen and oxygen atoms in total. The van der Waals surface area contributed by atoms with Crippen LogP contribution in [0.25, 0.3) is 0 Å². The van der Waals surface area contributed by atoms with Gasteiger partial charge < -0.3 is 10.3 Å². The average Bonchev–Trinajstić information content (AvgIpc) is 2.58. The molecule has 0 unspecified atom stereocenters. The molecule has 0 aliphatic carbocycles. The Kier molecular flexibility index (Phi) is 1.89. The molecule has 66 valence electrons. The van der Waals surface area contributed by atoms with Crippen molar-refractivity contribution in [1.29, 1.82) is 0 Å². The lowest BCUT2D eigenvalue weighted by Crippen LogP contribution is -2.37. The highest BCUT2D eigenvalue weighted by Crippen LogP contribution is 2.30. The van der Waals surface area contributed by atoms with Crippen molar-refractivity contribution in [3.05, 3.63) is 18.2 Å². The molecule has 1 fully saturated rings. The van der Waals surface area contributed by atoms with Gasteiger partial charge in [-0.3, -0.25) is 0 Å². The Labute approximate surface area is 72.6 Å². The zero-order chi connectivity index (χ0) is 8.44. The van der Waals surface area contributed by atoms with Gasteiger partial charge in [-0.05, 0) is 25.9 Å².